The number of para-hydroxylation sites is 1. The number of carbonyl (C=O) groups is 1. The molecule has 1 unspecified atom stereocenters. The zero-order valence-electron chi connectivity index (χ0n) is 10.3. The molecule has 1 heterocycles. The first kappa shape index (κ1) is 11.9. The van der Waals surface area contributed by atoms with Crippen molar-refractivity contribution >= 4 is 16.7 Å². The molecule has 90 valence electrons. The highest BCUT2D eigenvalue weighted by Crippen LogP contribution is 2.26. The summed E-state index contributed by atoms with van der Waals surface area (Å²) in [5, 5.41) is 1.19. The van der Waals surface area contributed by atoms with Gasteiger partial charge in [-0.25, -0.2) is 0 Å². The van der Waals surface area contributed by atoms with Crippen LogP contribution in [-0.2, 0) is 11.8 Å². The van der Waals surface area contributed by atoms with Gasteiger partial charge in [-0.15, -0.1) is 0 Å². The van der Waals surface area contributed by atoms with Gasteiger partial charge in [-0.2, -0.15) is 0 Å². The number of ketones is 1. The number of Topliss-reactive ketones (excluding diaryl/α,β-unsaturated/α-hetero) is 1. The van der Waals surface area contributed by atoms with Gasteiger partial charge in [0.15, 0.2) is 0 Å². The lowest BCUT2D eigenvalue weighted by molar-refractivity contribution is -0.117. The zero-order valence-corrected chi connectivity index (χ0v) is 10.3. The molecule has 0 saturated carbocycles. The third-order valence-electron chi connectivity index (χ3n) is 3.13. The summed E-state index contributed by atoms with van der Waals surface area (Å²) in [7, 11) is 2.02. The van der Waals surface area contributed by atoms with Crippen molar-refractivity contribution in [3.05, 3.63) is 36.0 Å². The molecule has 0 bridgehead atoms. The molecular formula is C14H18N2O. The van der Waals surface area contributed by atoms with Crippen LogP contribution in [0.3, 0.4) is 0 Å². The Morgan fingerprint density at radius 2 is 2.12 bits per heavy atom. The molecule has 0 fully saturated rings. The van der Waals surface area contributed by atoms with Gasteiger partial charge in [0.05, 0.1) is 0 Å². The number of nitrogens with two attached hydrogens (primary N) is 1. The van der Waals surface area contributed by atoms with Crippen LogP contribution in [0.25, 0.3) is 10.9 Å². The molecule has 2 rings (SSSR count). The lowest BCUT2D eigenvalue weighted by atomic mass is 10.0. The second-order valence-corrected chi connectivity index (χ2v) is 4.56. The van der Waals surface area contributed by atoms with E-state index >= 15 is 0 Å². The van der Waals surface area contributed by atoms with E-state index in [-0.39, 0.29) is 11.8 Å². The van der Waals surface area contributed by atoms with Crippen LogP contribution in [0.1, 0.15) is 31.4 Å². The summed E-state index contributed by atoms with van der Waals surface area (Å²) in [5.74, 6) is 0.195. The smallest absolute Gasteiger partial charge is 0.129 e. The van der Waals surface area contributed by atoms with Crippen LogP contribution in [0.2, 0.25) is 0 Å². The predicted molar refractivity (Wildman–Crippen MR) is 69.8 cm³/mol. The number of benzene rings is 1. The van der Waals surface area contributed by atoms with Crippen molar-refractivity contribution in [3.63, 3.8) is 0 Å². The van der Waals surface area contributed by atoms with Crippen molar-refractivity contribution in [2.75, 3.05) is 0 Å². The number of fused-ring (bicyclic) bond motifs is 1. The van der Waals surface area contributed by atoms with Gasteiger partial charge in [-0.05, 0) is 25.0 Å². The second-order valence-electron chi connectivity index (χ2n) is 4.56. The second kappa shape index (κ2) is 4.72. The molecule has 3 nitrogen and oxygen atoms in total. The highest BCUT2D eigenvalue weighted by Gasteiger charge is 2.13. The average Bonchev–Trinajstić information content (AvgIpc) is 2.65. The Labute approximate surface area is 101 Å². The molecule has 0 spiro atoms. The van der Waals surface area contributed by atoms with Crippen molar-refractivity contribution in [2.24, 2.45) is 12.8 Å². The van der Waals surface area contributed by atoms with Crippen molar-refractivity contribution in [1.82, 2.24) is 4.57 Å². The standard InChI is InChI=1S/C14H18N2O/c1-10(17)7-8-13(15)12-9-16(2)14-6-4-3-5-11(12)14/h3-6,9,13H,7-8,15H2,1-2H3. The molecule has 0 aliphatic carbocycles. The first-order valence-corrected chi connectivity index (χ1v) is 5.88. The van der Waals surface area contributed by atoms with Gasteiger partial charge in [-0.3, -0.25) is 0 Å². The Bertz CT molecular complexity index is 542. The van der Waals surface area contributed by atoms with Crippen molar-refractivity contribution in [2.45, 2.75) is 25.8 Å². The van der Waals surface area contributed by atoms with Crippen LogP contribution in [-0.4, -0.2) is 10.4 Å². The Kier molecular flexibility index (Phi) is 3.29. The molecule has 1 atom stereocenters. The first-order valence-electron chi connectivity index (χ1n) is 5.88. The molecule has 0 saturated heterocycles. The lowest BCUT2D eigenvalue weighted by Gasteiger charge is -2.09. The van der Waals surface area contributed by atoms with Crippen LogP contribution in [0.4, 0.5) is 0 Å². The SMILES string of the molecule is CC(=O)CCC(N)c1cn(C)c2ccccc12. The predicted octanol–water partition coefficient (Wildman–Crippen LogP) is 2.55. The van der Waals surface area contributed by atoms with Crippen LogP contribution in [0, 0.1) is 0 Å². The average molecular weight is 230 g/mol. The molecule has 0 aliphatic heterocycles. The minimum absolute atomic E-state index is 0.0648. The van der Waals surface area contributed by atoms with Crippen LogP contribution >= 0.6 is 0 Å². The highest BCUT2D eigenvalue weighted by molar-refractivity contribution is 5.84. The van der Waals surface area contributed by atoms with E-state index in [9.17, 15) is 4.79 Å². The Hall–Kier alpha value is -1.61. The molecule has 2 aromatic rings. The number of hydrogen-bond acceptors (Lipinski definition) is 2. The van der Waals surface area contributed by atoms with Crippen molar-refractivity contribution < 1.29 is 4.79 Å². The Morgan fingerprint density at radius 3 is 2.82 bits per heavy atom. The van der Waals surface area contributed by atoms with E-state index in [0.29, 0.717) is 12.8 Å². The summed E-state index contributed by atoms with van der Waals surface area (Å²) in [6, 6.07) is 8.14. The van der Waals surface area contributed by atoms with Crippen LogP contribution in [0.15, 0.2) is 30.5 Å². The lowest BCUT2D eigenvalue weighted by Crippen LogP contribution is -2.11. The maximum atomic E-state index is 11.0. The van der Waals surface area contributed by atoms with E-state index in [0.717, 1.165) is 5.56 Å². The summed E-state index contributed by atoms with van der Waals surface area (Å²) in [5.41, 5.74) is 8.47. The Balaban J connectivity index is 2.32. The topological polar surface area (TPSA) is 48.0 Å². The van der Waals surface area contributed by atoms with Gasteiger partial charge in [0.1, 0.15) is 5.78 Å². The molecule has 2 N–H and O–H groups in total. The quantitative estimate of drug-likeness (QED) is 0.877. The van der Waals surface area contributed by atoms with Crippen LogP contribution < -0.4 is 5.73 Å². The fraction of sp³-hybridized carbons (Fsp3) is 0.357. The normalized spacial score (nSPS) is 12.9. The number of carbonyl (C=O) groups excluding carboxylic acids is 1. The minimum Gasteiger partial charge on any atom is -0.350 e. The van der Waals surface area contributed by atoms with E-state index in [1.165, 1.54) is 10.9 Å². The van der Waals surface area contributed by atoms with Gasteiger partial charge in [-0.1, -0.05) is 18.2 Å². The van der Waals surface area contributed by atoms with Crippen LogP contribution in [0.5, 0.6) is 0 Å². The molecule has 17 heavy (non-hydrogen) atoms. The van der Waals surface area contributed by atoms with E-state index in [1.54, 1.807) is 6.92 Å². The maximum Gasteiger partial charge on any atom is 0.129 e. The number of nitrogens with zero attached hydrogens (tertiary/aromatic N) is 1. The van der Waals surface area contributed by atoms with E-state index in [1.807, 2.05) is 19.2 Å². The number of rotatable bonds is 4. The van der Waals surface area contributed by atoms with Gasteiger partial charge in [0.2, 0.25) is 0 Å². The summed E-state index contributed by atoms with van der Waals surface area (Å²) in [6.07, 6.45) is 3.32. The number of aromatic nitrogens is 1. The van der Waals surface area contributed by atoms with Gasteiger partial charge in [0.25, 0.3) is 0 Å². The highest BCUT2D eigenvalue weighted by atomic mass is 16.1. The van der Waals surface area contributed by atoms with E-state index in [4.69, 9.17) is 5.73 Å². The largest absolute Gasteiger partial charge is 0.350 e. The first-order chi connectivity index (χ1) is 8.09. The monoisotopic (exact) mass is 230 g/mol. The summed E-state index contributed by atoms with van der Waals surface area (Å²) >= 11 is 0. The zero-order chi connectivity index (χ0) is 12.4. The molecule has 1 aromatic heterocycles. The number of aryl methyl sites for hydroxylation is 1. The summed E-state index contributed by atoms with van der Waals surface area (Å²) in [4.78, 5) is 11.0. The maximum absolute atomic E-state index is 11.0. The Morgan fingerprint density at radius 1 is 1.41 bits per heavy atom. The fourth-order valence-corrected chi connectivity index (χ4v) is 2.18. The molecule has 0 aliphatic rings. The molecule has 3 heteroatoms. The summed E-state index contributed by atoms with van der Waals surface area (Å²) in [6.45, 7) is 1.61. The third-order valence-corrected chi connectivity index (χ3v) is 3.13. The summed E-state index contributed by atoms with van der Waals surface area (Å²) < 4.78 is 2.08. The van der Waals surface area contributed by atoms with Gasteiger partial charge < -0.3 is 15.1 Å². The third kappa shape index (κ3) is 2.39. The molecule has 0 amide bonds. The van der Waals surface area contributed by atoms with E-state index in [2.05, 4.69) is 22.9 Å². The minimum atomic E-state index is -0.0648. The molecule has 0 radical (unpaired) electrons. The van der Waals surface area contributed by atoms with Gasteiger partial charge >= 0.3 is 0 Å². The number of hydrogen-bond donors (Lipinski definition) is 1. The van der Waals surface area contributed by atoms with Crippen molar-refractivity contribution in [1.29, 1.82) is 0 Å². The van der Waals surface area contributed by atoms with E-state index < -0.39 is 0 Å². The fourth-order valence-electron chi connectivity index (χ4n) is 2.18. The molecule has 1 aromatic carbocycles. The van der Waals surface area contributed by atoms with Gasteiger partial charge in [0, 0.05) is 36.6 Å². The van der Waals surface area contributed by atoms with Crippen molar-refractivity contribution in [3.8, 4) is 0 Å². The molecular weight excluding hydrogens is 212 g/mol.